The molecule has 12 heavy (non-hydrogen) atoms. The number of Topliss-reactive ketones (excluding diaryl/α,β-unsaturated/α-hetero) is 1. The van der Waals surface area contributed by atoms with Crippen molar-refractivity contribution in [2.45, 2.75) is 45.6 Å². The van der Waals surface area contributed by atoms with Gasteiger partial charge in [0.1, 0.15) is 5.78 Å². The van der Waals surface area contributed by atoms with Crippen LogP contribution in [0.4, 0.5) is 0 Å². The van der Waals surface area contributed by atoms with Crippen LogP contribution in [0.2, 0.25) is 0 Å². The predicted molar refractivity (Wildman–Crippen MR) is 49.8 cm³/mol. The summed E-state index contributed by atoms with van der Waals surface area (Å²) in [6.07, 6.45) is 3.76. The van der Waals surface area contributed by atoms with Crippen LogP contribution in [0.1, 0.15) is 39.5 Å². The van der Waals surface area contributed by atoms with Gasteiger partial charge in [-0.3, -0.25) is 4.79 Å². The second-order valence-corrected chi connectivity index (χ2v) is 4.34. The van der Waals surface area contributed by atoms with Gasteiger partial charge in [-0.05, 0) is 24.7 Å². The van der Waals surface area contributed by atoms with E-state index >= 15 is 0 Å². The highest BCUT2D eigenvalue weighted by molar-refractivity contribution is 5.79. The second kappa shape index (κ2) is 4.04. The number of nitrogens with two attached hydrogens (primary N) is 1. The van der Waals surface area contributed by atoms with Gasteiger partial charge in [-0.25, -0.2) is 0 Å². The van der Waals surface area contributed by atoms with Gasteiger partial charge in [-0.15, -0.1) is 0 Å². The average Bonchev–Trinajstić information content (AvgIpc) is 2.63. The lowest BCUT2D eigenvalue weighted by molar-refractivity contribution is -0.120. The van der Waals surface area contributed by atoms with Gasteiger partial charge in [0.15, 0.2) is 0 Å². The van der Waals surface area contributed by atoms with Crippen LogP contribution in [0, 0.1) is 11.8 Å². The molecule has 1 fully saturated rings. The molecule has 0 aromatic carbocycles. The van der Waals surface area contributed by atoms with Crippen molar-refractivity contribution in [1.82, 2.24) is 0 Å². The Bertz CT molecular complexity index is 161. The third-order valence-electron chi connectivity index (χ3n) is 2.33. The fourth-order valence-electron chi connectivity index (χ4n) is 1.49. The molecule has 0 spiro atoms. The summed E-state index contributed by atoms with van der Waals surface area (Å²) >= 11 is 0. The summed E-state index contributed by atoms with van der Waals surface area (Å²) < 4.78 is 0. The Hall–Kier alpha value is -0.370. The van der Waals surface area contributed by atoms with E-state index in [1.165, 1.54) is 12.8 Å². The molecular weight excluding hydrogens is 150 g/mol. The molecular formula is C10H19NO. The zero-order chi connectivity index (χ0) is 9.14. The zero-order valence-electron chi connectivity index (χ0n) is 8.05. The van der Waals surface area contributed by atoms with Crippen molar-refractivity contribution in [2.75, 3.05) is 0 Å². The van der Waals surface area contributed by atoms with E-state index in [1.54, 1.807) is 0 Å². The van der Waals surface area contributed by atoms with E-state index in [0.29, 0.717) is 30.5 Å². The summed E-state index contributed by atoms with van der Waals surface area (Å²) in [7, 11) is 0. The van der Waals surface area contributed by atoms with E-state index in [9.17, 15) is 4.79 Å². The summed E-state index contributed by atoms with van der Waals surface area (Å²) in [6, 6.07) is 0.149. The van der Waals surface area contributed by atoms with Gasteiger partial charge >= 0.3 is 0 Å². The van der Waals surface area contributed by atoms with E-state index in [0.717, 1.165) is 0 Å². The standard InChI is InChI=1S/C10H19NO/c1-7(2)5-9(12)6-10(11)8-3-4-8/h7-8,10H,3-6,11H2,1-2H3. The van der Waals surface area contributed by atoms with Crippen molar-refractivity contribution in [3.8, 4) is 0 Å². The molecule has 2 nitrogen and oxygen atoms in total. The lowest BCUT2D eigenvalue weighted by atomic mass is 10.00. The van der Waals surface area contributed by atoms with Gasteiger partial charge in [-0.1, -0.05) is 13.8 Å². The summed E-state index contributed by atoms with van der Waals surface area (Å²) in [4.78, 5) is 11.3. The zero-order valence-corrected chi connectivity index (χ0v) is 8.05. The number of hydrogen-bond donors (Lipinski definition) is 1. The Kier molecular flexibility index (Phi) is 3.27. The summed E-state index contributed by atoms with van der Waals surface area (Å²) in [6.45, 7) is 4.14. The van der Waals surface area contributed by atoms with E-state index in [2.05, 4.69) is 13.8 Å². The van der Waals surface area contributed by atoms with Gasteiger partial charge in [0, 0.05) is 18.9 Å². The summed E-state index contributed by atoms with van der Waals surface area (Å²) in [5, 5.41) is 0. The quantitative estimate of drug-likeness (QED) is 0.681. The van der Waals surface area contributed by atoms with Crippen molar-refractivity contribution in [1.29, 1.82) is 0 Å². The first kappa shape index (κ1) is 9.72. The molecule has 70 valence electrons. The number of rotatable bonds is 5. The number of hydrogen-bond acceptors (Lipinski definition) is 2. The Morgan fingerprint density at radius 1 is 1.42 bits per heavy atom. The Morgan fingerprint density at radius 2 is 2.00 bits per heavy atom. The minimum Gasteiger partial charge on any atom is -0.327 e. The topological polar surface area (TPSA) is 43.1 Å². The van der Waals surface area contributed by atoms with Gasteiger partial charge in [0.05, 0.1) is 0 Å². The monoisotopic (exact) mass is 169 g/mol. The van der Waals surface area contributed by atoms with E-state index in [1.807, 2.05) is 0 Å². The highest BCUT2D eigenvalue weighted by Gasteiger charge is 2.29. The molecule has 1 atom stereocenters. The van der Waals surface area contributed by atoms with Gasteiger partial charge < -0.3 is 5.73 Å². The largest absolute Gasteiger partial charge is 0.327 e. The van der Waals surface area contributed by atoms with Crippen LogP contribution >= 0.6 is 0 Å². The molecule has 2 N–H and O–H groups in total. The summed E-state index contributed by atoms with van der Waals surface area (Å²) in [5.41, 5.74) is 5.83. The molecule has 0 aliphatic heterocycles. The molecule has 0 radical (unpaired) electrons. The first-order valence-corrected chi connectivity index (χ1v) is 4.87. The van der Waals surface area contributed by atoms with Crippen LogP contribution in [0.25, 0.3) is 0 Å². The number of carbonyl (C=O) groups is 1. The minimum atomic E-state index is 0.149. The van der Waals surface area contributed by atoms with Crippen molar-refractivity contribution in [3.63, 3.8) is 0 Å². The molecule has 1 rings (SSSR count). The summed E-state index contributed by atoms with van der Waals surface area (Å²) in [5.74, 6) is 1.47. The molecule has 2 heteroatoms. The van der Waals surface area contributed by atoms with E-state index in [4.69, 9.17) is 5.73 Å². The fraction of sp³-hybridized carbons (Fsp3) is 0.900. The van der Waals surface area contributed by atoms with Crippen molar-refractivity contribution < 1.29 is 4.79 Å². The van der Waals surface area contributed by atoms with Gasteiger partial charge in [0.2, 0.25) is 0 Å². The van der Waals surface area contributed by atoms with E-state index < -0.39 is 0 Å². The molecule has 1 saturated carbocycles. The van der Waals surface area contributed by atoms with Crippen molar-refractivity contribution in [2.24, 2.45) is 17.6 Å². The molecule has 0 aromatic heterocycles. The SMILES string of the molecule is CC(C)CC(=O)CC(N)C1CC1. The lowest BCUT2D eigenvalue weighted by Gasteiger charge is -2.09. The molecule has 1 unspecified atom stereocenters. The maximum atomic E-state index is 11.3. The van der Waals surface area contributed by atoms with Crippen LogP contribution in [0.15, 0.2) is 0 Å². The molecule has 0 saturated heterocycles. The Balaban J connectivity index is 2.15. The first-order chi connectivity index (χ1) is 5.59. The molecule has 0 amide bonds. The number of carbonyl (C=O) groups excluding carboxylic acids is 1. The molecule has 1 aliphatic carbocycles. The van der Waals surface area contributed by atoms with Crippen LogP contribution < -0.4 is 5.73 Å². The van der Waals surface area contributed by atoms with Gasteiger partial charge in [-0.2, -0.15) is 0 Å². The van der Waals surface area contributed by atoms with Gasteiger partial charge in [0.25, 0.3) is 0 Å². The Morgan fingerprint density at radius 3 is 2.42 bits per heavy atom. The molecule has 1 aliphatic rings. The normalized spacial score (nSPS) is 19.7. The third-order valence-corrected chi connectivity index (χ3v) is 2.33. The average molecular weight is 169 g/mol. The van der Waals surface area contributed by atoms with Crippen LogP contribution in [0.3, 0.4) is 0 Å². The maximum absolute atomic E-state index is 11.3. The first-order valence-electron chi connectivity index (χ1n) is 4.87. The third kappa shape index (κ3) is 3.35. The Labute approximate surface area is 74.5 Å². The van der Waals surface area contributed by atoms with Crippen molar-refractivity contribution in [3.05, 3.63) is 0 Å². The van der Waals surface area contributed by atoms with Crippen LogP contribution in [-0.4, -0.2) is 11.8 Å². The maximum Gasteiger partial charge on any atom is 0.134 e. The minimum absolute atomic E-state index is 0.149. The molecule has 0 bridgehead atoms. The predicted octanol–water partition coefficient (Wildman–Crippen LogP) is 1.73. The van der Waals surface area contributed by atoms with Crippen LogP contribution in [-0.2, 0) is 4.79 Å². The number of ketones is 1. The van der Waals surface area contributed by atoms with Crippen molar-refractivity contribution >= 4 is 5.78 Å². The fourth-order valence-corrected chi connectivity index (χ4v) is 1.49. The smallest absolute Gasteiger partial charge is 0.134 e. The van der Waals surface area contributed by atoms with E-state index in [-0.39, 0.29) is 6.04 Å². The van der Waals surface area contributed by atoms with Crippen LogP contribution in [0.5, 0.6) is 0 Å². The molecule has 0 aromatic rings. The lowest BCUT2D eigenvalue weighted by Crippen LogP contribution is -2.26. The molecule has 0 heterocycles. The highest BCUT2D eigenvalue weighted by Crippen LogP contribution is 2.33. The second-order valence-electron chi connectivity index (χ2n) is 4.34. The highest BCUT2D eigenvalue weighted by atomic mass is 16.1.